The molecule has 0 fully saturated rings. The normalized spacial score (nSPS) is 11.4. The summed E-state index contributed by atoms with van der Waals surface area (Å²) >= 11 is 0. The quantitative estimate of drug-likeness (QED) is 0.618. The lowest BCUT2D eigenvalue weighted by atomic mass is 10.1. The molecule has 0 aliphatic carbocycles. The van der Waals surface area contributed by atoms with E-state index in [0.29, 0.717) is 13.2 Å². The molecule has 0 radical (unpaired) electrons. The summed E-state index contributed by atoms with van der Waals surface area (Å²) in [5.41, 5.74) is 3.16. The SMILES string of the molecule is CCc1ccc(OCCNC(=O)CN(Cc2ccc(C)cc2)S(C)(=O)=O)cc1. The number of hydrogen-bond acceptors (Lipinski definition) is 4. The summed E-state index contributed by atoms with van der Waals surface area (Å²) in [7, 11) is -3.51. The summed E-state index contributed by atoms with van der Waals surface area (Å²) in [5, 5.41) is 2.70. The number of nitrogens with one attached hydrogen (secondary N) is 1. The van der Waals surface area contributed by atoms with E-state index in [-0.39, 0.29) is 19.0 Å². The Morgan fingerprint density at radius 3 is 2.21 bits per heavy atom. The third-order valence-electron chi connectivity index (χ3n) is 4.29. The summed E-state index contributed by atoms with van der Waals surface area (Å²) in [6, 6.07) is 15.4. The second-order valence-corrected chi connectivity index (χ2v) is 8.70. The van der Waals surface area contributed by atoms with E-state index in [1.807, 2.05) is 55.5 Å². The zero-order valence-electron chi connectivity index (χ0n) is 16.6. The fourth-order valence-corrected chi connectivity index (χ4v) is 3.32. The molecule has 0 aliphatic rings. The van der Waals surface area contributed by atoms with Gasteiger partial charge in [0.1, 0.15) is 12.4 Å². The molecule has 0 saturated carbocycles. The van der Waals surface area contributed by atoms with Gasteiger partial charge in [0.15, 0.2) is 0 Å². The predicted molar refractivity (Wildman–Crippen MR) is 111 cm³/mol. The molecular weight excluding hydrogens is 376 g/mol. The van der Waals surface area contributed by atoms with Crippen molar-refractivity contribution in [2.24, 2.45) is 0 Å². The molecule has 152 valence electrons. The number of amides is 1. The van der Waals surface area contributed by atoms with Gasteiger partial charge in [0.2, 0.25) is 15.9 Å². The van der Waals surface area contributed by atoms with Gasteiger partial charge in [0.05, 0.1) is 19.3 Å². The first kappa shape index (κ1) is 21.9. The van der Waals surface area contributed by atoms with Crippen molar-refractivity contribution in [2.75, 3.05) is 26.0 Å². The van der Waals surface area contributed by atoms with Crippen molar-refractivity contribution in [1.29, 1.82) is 0 Å². The van der Waals surface area contributed by atoms with Gasteiger partial charge in [0, 0.05) is 6.54 Å². The molecule has 2 rings (SSSR count). The van der Waals surface area contributed by atoms with Crippen molar-refractivity contribution in [3.8, 4) is 5.75 Å². The van der Waals surface area contributed by atoms with Gasteiger partial charge in [-0.25, -0.2) is 8.42 Å². The van der Waals surface area contributed by atoms with E-state index in [1.54, 1.807) is 0 Å². The highest BCUT2D eigenvalue weighted by atomic mass is 32.2. The van der Waals surface area contributed by atoms with Crippen LogP contribution in [0.2, 0.25) is 0 Å². The summed E-state index contributed by atoms with van der Waals surface area (Å²) in [5.74, 6) is 0.381. The number of sulfonamides is 1. The number of benzene rings is 2. The van der Waals surface area contributed by atoms with Crippen LogP contribution in [-0.4, -0.2) is 44.6 Å². The zero-order valence-corrected chi connectivity index (χ0v) is 17.5. The molecule has 0 heterocycles. The minimum atomic E-state index is -3.51. The highest BCUT2D eigenvalue weighted by Gasteiger charge is 2.20. The summed E-state index contributed by atoms with van der Waals surface area (Å²) in [6.45, 7) is 4.60. The lowest BCUT2D eigenvalue weighted by Gasteiger charge is -2.19. The molecule has 0 bridgehead atoms. The van der Waals surface area contributed by atoms with E-state index in [0.717, 1.165) is 33.9 Å². The zero-order chi connectivity index (χ0) is 20.6. The maximum Gasteiger partial charge on any atom is 0.235 e. The number of nitrogens with zero attached hydrogens (tertiary/aromatic N) is 1. The Bertz CT molecular complexity index is 862. The first-order valence-corrected chi connectivity index (χ1v) is 11.1. The number of ether oxygens (including phenoxy) is 1. The topological polar surface area (TPSA) is 75.7 Å². The molecule has 7 heteroatoms. The minimum absolute atomic E-state index is 0.160. The monoisotopic (exact) mass is 404 g/mol. The molecule has 1 N–H and O–H groups in total. The maximum absolute atomic E-state index is 12.2. The van der Waals surface area contributed by atoms with Gasteiger partial charge in [0.25, 0.3) is 0 Å². The third kappa shape index (κ3) is 7.32. The van der Waals surface area contributed by atoms with Crippen molar-refractivity contribution in [1.82, 2.24) is 9.62 Å². The Labute approximate surface area is 167 Å². The van der Waals surface area contributed by atoms with Crippen molar-refractivity contribution in [3.05, 3.63) is 65.2 Å². The summed E-state index contributed by atoms with van der Waals surface area (Å²) < 4.78 is 30.8. The lowest BCUT2D eigenvalue weighted by molar-refractivity contribution is -0.121. The van der Waals surface area contributed by atoms with Gasteiger partial charge in [-0.15, -0.1) is 0 Å². The molecule has 28 heavy (non-hydrogen) atoms. The van der Waals surface area contributed by atoms with E-state index < -0.39 is 10.0 Å². The van der Waals surface area contributed by atoms with E-state index in [2.05, 4.69) is 12.2 Å². The molecule has 0 atom stereocenters. The number of aryl methyl sites for hydroxylation is 2. The van der Waals surface area contributed by atoms with Crippen molar-refractivity contribution < 1.29 is 17.9 Å². The van der Waals surface area contributed by atoms with Crippen LogP contribution in [-0.2, 0) is 27.8 Å². The van der Waals surface area contributed by atoms with Crippen LogP contribution >= 0.6 is 0 Å². The van der Waals surface area contributed by atoms with Gasteiger partial charge in [-0.1, -0.05) is 48.9 Å². The van der Waals surface area contributed by atoms with Gasteiger partial charge in [-0.2, -0.15) is 4.31 Å². The number of carbonyl (C=O) groups excluding carboxylic acids is 1. The third-order valence-corrected chi connectivity index (χ3v) is 5.49. The van der Waals surface area contributed by atoms with Crippen LogP contribution in [0.25, 0.3) is 0 Å². The predicted octanol–water partition coefficient (Wildman–Crippen LogP) is 2.51. The molecular formula is C21H28N2O4S. The highest BCUT2D eigenvalue weighted by Crippen LogP contribution is 2.12. The van der Waals surface area contributed by atoms with E-state index >= 15 is 0 Å². The fourth-order valence-electron chi connectivity index (χ4n) is 2.58. The number of carbonyl (C=O) groups is 1. The second kappa shape index (κ2) is 10.2. The Kier molecular flexibility index (Phi) is 8.02. The molecule has 0 unspecified atom stereocenters. The van der Waals surface area contributed by atoms with E-state index in [9.17, 15) is 13.2 Å². The Balaban J connectivity index is 1.81. The summed E-state index contributed by atoms with van der Waals surface area (Å²) in [6.07, 6.45) is 2.08. The van der Waals surface area contributed by atoms with Crippen LogP contribution in [0.5, 0.6) is 5.75 Å². The van der Waals surface area contributed by atoms with Crippen molar-refractivity contribution >= 4 is 15.9 Å². The van der Waals surface area contributed by atoms with Crippen molar-refractivity contribution in [3.63, 3.8) is 0 Å². The molecule has 2 aromatic carbocycles. The maximum atomic E-state index is 12.2. The minimum Gasteiger partial charge on any atom is -0.492 e. The molecule has 6 nitrogen and oxygen atoms in total. The van der Waals surface area contributed by atoms with E-state index in [1.165, 1.54) is 5.56 Å². The Morgan fingerprint density at radius 2 is 1.64 bits per heavy atom. The van der Waals surface area contributed by atoms with Crippen LogP contribution in [0, 0.1) is 6.92 Å². The molecule has 2 aromatic rings. The van der Waals surface area contributed by atoms with Crippen LogP contribution in [0.3, 0.4) is 0 Å². The number of rotatable bonds is 10. The average molecular weight is 405 g/mol. The average Bonchev–Trinajstić information content (AvgIpc) is 2.66. The van der Waals surface area contributed by atoms with Gasteiger partial charge in [-0.05, 0) is 36.6 Å². The summed E-state index contributed by atoms with van der Waals surface area (Å²) in [4.78, 5) is 12.2. The Hall–Kier alpha value is -2.38. The van der Waals surface area contributed by atoms with Crippen LogP contribution < -0.4 is 10.1 Å². The molecule has 0 aromatic heterocycles. The fraction of sp³-hybridized carbons (Fsp3) is 0.381. The first-order chi connectivity index (χ1) is 13.3. The molecule has 0 spiro atoms. The van der Waals surface area contributed by atoms with Gasteiger partial charge < -0.3 is 10.1 Å². The van der Waals surface area contributed by atoms with Crippen LogP contribution in [0.15, 0.2) is 48.5 Å². The second-order valence-electron chi connectivity index (χ2n) is 6.71. The Morgan fingerprint density at radius 1 is 1.04 bits per heavy atom. The lowest BCUT2D eigenvalue weighted by Crippen LogP contribution is -2.40. The highest BCUT2D eigenvalue weighted by molar-refractivity contribution is 7.88. The first-order valence-electron chi connectivity index (χ1n) is 9.27. The smallest absolute Gasteiger partial charge is 0.235 e. The van der Waals surface area contributed by atoms with Gasteiger partial charge in [-0.3, -0.25) is 4.79 Å². The van der Waals surface area contributed by atoms with Crippen molar-refractivity contribution in [2.45, 2.75) is 26.8 Å². The molecule has 0 saturated heterocycles. The standard InChI is InChI=1S/C21H28N2O4S/c1-4-18-9-11-20(12-10-18)27-14-13-22-21(24)16-23(28(3,25)26)15-19-7-5-17(2)6-8-19/h5-12H,4,13-16H2,1-3H3,(H,22,24). The van der Waals surface area contributed by atoms with E-state index in [4.69, 9.17) is 4.74 Å². The number of hydrogen-bond donors (Lipinski definition) is 1. The molecule has 1 amide bonds. The van der Waals surface area contributed by atoms with Gasteiger partial charge >= 0.3 is 0 Å². The largest absolute Gasteiger partial charge is 0.492 e. The van der Waals surface area contributed by atoms with Crippen LogP contribution in [0.4, 0.5) is 0 Å². The molecule has 0 aliphatic heterocycles. The van der Waals surface area contributed by atoms with Crippen LogP contribution in [0.1, 0.15) is 23.6 Å².